The van der Waals surface area contributed by atoms with Crippen molar-refractivity contribution >= 4 is 28.6 Å². The van der Waals surface area contributed by atoms with Crippen LogP contribution in [-0.2, 0) is 19.4 Å². The Balaban J connectivity index is 1.70. The van der Waals surface area contributed by atoms with Crippen LogP contribution in [0.3, 0.4) is 0 Å². The first-order chi connectivity index (χ1) is 8.84. The van der Waals surface area contributed by atoms with Crippen LogP contribution in [-0.4, -0.2) is 5.91 Å². The van der Waals surface area contributed by atoms with E-state index in [1.54, 1.807) is 22.7 Å². The van der Waals surface area contributed by atoms with Gasteiger partial charge in [-0.15, -0.1) is 22.7 Å². The number of thiophene rings is 2. The number of fused-ring (bicyclic) bond motifs is 1. The van der Waals surface area contributed by atoms with Crippen LogP contribution in [0.1, 0.15) is 38.5 Å². The van der Waals surface area contributed by atoms with E-state index in [0.29, 0.717) is 6.54 Å². The van der Waals surface area contributed by atoms with Crippen molar-refractivity contribution in [3.63, 3.8) is 0 Å². The average Bonchev–Trinajstić information content (AvgIpc) is 3.05. The third-order valence-corrected chi connectivity index (χ3v) is 5.27. The molecule has 1 amide bonds. The van der Waals surface area contributed by atoms with Gasteiger partial charge in [0, 0.05) is 15.1 Å². The Morgan fingerprint density at radius 2 is 2.17 bits per heavy atom. The van der Waals surface area contributed by atoms with Crippen LogP contribution in [0.15, 0.2) is 22.9 Å². The smallest absolute Gasteiger partial charge is 0.252 e. The van der Waals surface area contributed by atoms with E-state index in [1.807, 2.05) is 22.9 Å². The summed E-state index contributed by atoms with van der Waals surface area (Å²) in [6.07, 6.45) is 4.71. The molecule has 0 atom stereocenters. The van der Waals surface area contributed by atoms with E-state index in [-0.39, 0.29) is 5.91 Å². The summed E-state index contributed by atoms with van der Waals surface area (Å²) in [7, 11) is 0. The van der Waals surface area contributed by atoms with Crippen molar-refractivity contribution in [2.75, 3.05) is 0 Å². The highest BCUT2D eigenvalue weighted by Crippen LogP contribution is 2.30. The fraction of sp³-hybridized carbons (Fsp3) is 0.357. The van der Waals surface area contributed by atoms with Gasteiger partial charge >= 0.3 is 0 Å². The molecule has 1 N–H and O–H groups in total. The van der Waals surface area contributed by atoms with E-state index in [0.717, 1.165) is 18.4 Å². The number of nitrogens with one attached hydrogen (secondary N) is 1. The number of aryl methyl sites for hydroxylation is 1. The molecule has 0 saturated carbocycles. The lowest BCUT2D eigenvalue weighted by atomic mass is 9.96. The summed E-state index contributed by atoms with van der Waals surface area (Å²) in [6.45, 7) is 0.640. The van der Waals surface area contributed by atoms with Gasteiger partial charge in [-0.05, 0) is 42.7 Å². The molecule has 1 aliphatic rings. The van der Waals surface area contributed by atoms with Gasteiger partial charge in [0.25, 0.3) is 5.91 Å². The lowest BCUT2D eigenvalue weighted by molar-refractivity contribution is 0.0950. The van der Waals surface area contributed by atoms with Crippen LogP contribution < -0.4 is 5.32 Å². The Hall–Kier alpha value is -1.13. The first kappa shape index (κ1) is 11.9. The molecule has 2 heterocycles. The van der Waals surface area contributed by atoms with Crippen LogP contribution in [0.4, 0.5) is 0 Å². The van der Waals surface area contributed by atoms with Crippen LogP contribution in [0.2, 0.25) is 0 Å². The van der Waals surface area contributed by atoms with Gasteiger partial charge in [0.2, 0.25) is 0 Å². The predicted octanol–water partition coefficient (Wildman–Crippen LogP) is 3.62. The summed E-state index contributed by atoms with van der Waals surface area (Å²) < 4.78 is 0. The van der Waals surface area contributed by atoms with E-state index in [1.165, 1.54) is 28.2 Å². The lowest BCUT2D eigenvalue weighted by Crippen LogP contribution is -2.23. The van der Waals surface area contributed by atoms with Crippen molar-refractivity contribution in [2.45, 2.75) is 32.2 Å². The van der Waals surface area contributed by atoms with Crippen molar-refractivity contribution < 1.29 is 4.79 Å². The fourth-order valence-corrected chi connectivity index (χ4v) is 4.13. The van der Waals surface area contributed by atoms with Gasteiger partial charge in [-0.3, -0.25) is 4.79 Å². The summed E-state index contributed by atoms with van der Waals surface area (Å²) in [5, 5.41) is 7.08. The Kier molecular flexibility index (Phi) is 3.48. The van der Waals surface area contributed by atoms with E-state index in [4.69, 9.17) is 0 Å². The molecule has 0 fully saturated rings. The second kappa shape index (κ2) is 5.24. The van der Waals surface area contributed by atoms with Gasteiger partial charge in [0.15, 0.2) is 0 Å². The molecule has 4 heteroatoms. The molecule has 1 aliphatic carbocycles. The second-order valence-electron chi connectivity index (χ2n) is 4.52. The van der Waals surface area contributed by atoms with E-state index >= 15 is 0 Å². The van der Waals surface area contributed by atoms with Crippen LogP contribution in [0.5, 0.6) is 0 Å². The SMILES string of the molecule is O=C(NCc1cccs1)c1csc2c1CCCC2. The van der Waals surface area contributed by atoms with Crippen molar-refractivity contribution in [3.8, 4) is 0 Å². The molecule has 0 unspecified atom stereocenters. The molecular weight excluding hydrogens is 262 g/mol. The molecule has 2 nitrogen and oxygen atoms in total. The molecule has 0 aliphatic heterocycles. The molecule has 3 rings (SSSR count). The molecule has 0 saturated heterocycles. The van der Waals surface area contributed by atoms with Gasteiger partial charge in [0.1, 0.15) is 0 Å². The number of amides is 1. The number of carbonyl (C=O) groups is 1. The molecule has 2 aromatic rings. The average molecular weight is 277 g/mol. The summed E-state index contributed by atoms with van der Waals surface area (Å²) >= 11 is 3.42. The molecule has 0 bridgehead atoms. The predicted molar refractivity (Wildman–Crippen MR) is 76.5 cm³/mol. The van der Waals surface area contributed by atoms with Gasteiger partial charge in [-0.2, -0.15) is 0 Å². The maximum Gasteiger partial charge on any atom is 0.252 e. The highest BCUT2D eigenvalue weighted by Gasteiger charge is 2.19. The summed E-state index contributed by atoms with van der Waals surface area (Å²) in [5.41, 5.74) is 2.21. The van der Waals surface area contributed by atoms with Gasteiger partial charge in [0.05, 0.1) is 12.1 Å². The molecule has 0 spiro atoms. The molecule has 0 aromatic carbocycles. The first-order valence-corrected chi connectivity index (χ1v) is 8.00. The standard InChI is InChI=1S/C14H15NOS2/c16-14(15-8-10-4-3-7-17-10)12-9-18-13-6-2-1-5-11(12)13/h3-4,7,9H,1-2,5-6,8H2,(H,15,16). The first-order valence-electron chi connectivity index (χ1n) is 6.24. The summed E-state index contributed by atoms with van der Waals surface area (Å²) in [6, 6.07) is 4.06. The zero-order valence-electron chi connectivity index (χ0n) is 10.1. The Labute approximate surface area is 115 Å². The van der Waals surface area contributed by atoms with Crippen molar-refractivity contribution in [1.82, 2.24) is 5.32 Å². The maximum absolute atomic E-state index is 12.2. The van der Waals surface area contributed by atoms with Gasteiger partial charge in [-0.1, -0.05) is 6.07 Å². The maximum atomic E-state index is 12.2. The molecule has 0 radical (unpaired) electrons. The van der Waals surface area contributed by atoms with E-state index in [9.17, 15) is 4.79 Å². The van der Waals surface area contributed by atoms with Crippen LogP contribution in [0.25, 0.3) is 0 Å². The highest BCUT2D eigenvalue weighted by molar-refractivity contribution is 7.10. The fourth-order valence-electron chi connectivity index (χ4n) is 2.36. The lowest BCUT2D eigenvalue weighted by Gasteiger charge is -2.12. The molecular formula is C14H15NOS2. The number of hydrogen-bond donors (Lipinski definition) is 1. The normalized spacial score (nSPS) is 14.2. The van der Waals surface area contributed by atoms with Crippen LogP contribution >= 0.6 is 22.7 Å². The van der Waals surface area contributed by atoms with Crippen LogP contribution in [0, 0.1) is 0 Å². The minimum atomic E-state index is 0.0859. The van der Waals surface area contributed by atoms with Gasteiger partial charge < -0.3 is 5.32 Å². The topological polar surface area (TPSA) is 29.1 Å². The third-order valence-electron chi connectivity index (χ3n) is 3.31. The molecule has 94 valence electrons. The second-order valence-corrected chi connectivity index (χ2v) is 6.52. The van der Waals surface area contributed by atoms with Crippen molar-refractivity contribution in [2.24, 2.45) is 0 Å². The van der Waals surface area contributed by atoms with Gasteiger partial charge in [-0.25, -0.2) is 0 Å². The third kappa shape index (κ3) is 2.35. The van der Waals surface area contributed by atoms with E-state index < -0.39 is 0 Å². The minimum Gasteiger partial charge on any atom is -0.347 e. The Morgan fingerprint density at radius 3 is 3.00 bits per heavy atom. The van der Waals surface area contributed by atoms with Crippen molar-refractivity contribution in [3.05, 3.63) is 43.8 Å². The molecule has 2 aromatic heterocycles. The summed E-state index contributed by atoms with van der Waals surface area (Å²) in [4.78, 5) is 14.8. The number of rotatable bonds is 3. The number of carbonyl (C=O) groups excluding carboxylic acids is 1. The Morgan fingerprint density at radius 1 is 1.28 bits per heavy atom. The summed E-state index contributed by atoms with van der Waals surface area (Å²) in [5.74, 6) is 0.0859. The Bertz CT molecular complexity index is 542. The molecule has 18 heavy (non-hydrogen) atoms. The monoisotopic (exact) mass is 277 g/mol. The number of hydrogen-bond acceptors (Lipinski definition) is 3. The quantitative estimate of drug-likeness (QED) is 0.912. The largest absolute Gasteiger partial charge is 0.347 e. The van der Waals surface area contributed by atoms with Crippen molar-refractivity contribution in [1.29, 1.82) is 0 Å². The highest BCUT2D eigenvalue weighted by atomic mass is 32.1. The zero-order valence-corrected chi connectivity index (χ0v) is 11.7. The minimum absolute atomic E-state index is 0.0859. The zero-order chi connectivity index (χ0) is 12.4. The van der Waals surface area contributed by atoms with E-state index in [2.05, 4.69) is 5.32 Å².